The first kappa shape index (κ1) is 20.8. The maximum Gasteiger partial charge on any atom is 0.679 e. The summed E-state index contributed by atoms with van der Waals surface area (Å²) >= 11 is 0. The summed E-state index contributed by atoms with van der Waals surface area (Å²) in [6.45, 7) is 15.9. The van der Waals surface area contributed by atoms with E-state index < -0.39 is 9.05 Å². The Labute approximate surface area is 152 Å². The number of rotatable bonds is 10. The number of hydrogen-bond donors (Lipinski definition) is 0. The van der Waals surface area contributed by atoms with Crippen molar-refractivity contribution in [3.63, 3.8) is 0 Å². The molecule has 2 heterocycles. The van der Waals surface area contributed by atoms with Gasteiger partial charge >= 0.3 is 9.05 Å². The van der Waals surface area contributed by atoms with Gasteiger partial charge in [-0.1, -0.05) is 26.0 Å². The van der Waals surface area contributed by atoms with Gasteiger partial charge in [0.2, 0.25) is 0 Å². The zero-order valence-electron chi connectivity index (χ0n) is 15.6. The van der Waals surface area contributed by atoms with Gasteiger partial charge in [0.15, 0.2) is 0 Å². The Morgan fingerprint density at radius 2 is 1.16 bits per heavy atom. The highest BCUT2D eigenvalue weighted by Gasteiger charge is 2.57. The number of ether oxygens (including phenoxy) is 2. The van der Waals surface area contributed by atoms with E-state index in [0.717, 1.165) is 12.8 Å². The highest BCUT2D eigenvalue weighted by atomic mass is 28.4. The molecule has 2 aliphatic rings. The van der Waals surface area contributed by atoms with Gasteiger partial charge in [-0.15, -0.1) is 13.2 Å². The molecule has 2 aliphatic heterocycles. The van der Waals surface area contributed by atoms with Crippen molar-refractivity contribution in [3.8, 4) is 0 Å². The molecule has 0 amide bonds. The molecule has 2 fully saturated rings. The molecule has 25 heavy (non-hydrogen) atoms. The Balaban J connectivity index is 1.87. The van der Waals surface area contributed by atoms with E-state index in [4.69, 9.17) is 27.2 Å². The summed E-state index contributed by atoms with van der Waals surface area (Å²) in [6.07, 6.45) is 5.30. The van der Waals surface area contributed by atoms with Crippen molar-refractivity contribution in [1.82, 2.24) is 0 Å². The summed E-state index contributed by atoms with van der Waals surface area (Å²) < 4.78 is 35.3. The van der Waals surface area contributed by atoms with Gasteiger partial charge in [-0.3, -0.25) is 0 Å². The molecule has 0 N–H and O–H groups in total. The maximum atomic E-state index is 6.02. The second kappa shape index (κ2) is 9.41. The Kier molecular flexibility index (Phi) is 7.82. The predicted molar refractivity (Wildman–Crippen MR) is 97.0 cm³/mol. The smallest absolute Gasteiger partial charge is 0.377 e. The summed E-state index contributed by atoms with van der Waals surface area (Å²) in [5.41, 5.74) is -0.305. The topological polar surface area (TPSA) is 55.4 Å². The molecule has 0 aliphatic carbocycles. The second-order valence-corrected chi connectivity index (χ2v) is 9.12. The minimum atomic E-state index is -3.03. The van der Waals surface area contributed by atoms with Crippen molar-refractivity contribution in [2.24, 2.45) is 10.8 Å². The molecule has 0 aromatic carbocycles. The summed E-state index contributed by atoms with van der Waals surface area (Å²) in [5, 5.41) is 0. The van der Waals surface area contributed by atoms with Crippen molar-refractivity contribution < 1.29 is 27.2 Å². The lowest BCUT2D eigenvalue weighted by atomic mass is 9.88. The van der Waals surface area contributed by atoms with Crippen LogP contribution in [0.15, 0.2) is 25.3 Å². The van der Waals surface area contributed by atoms with Crippen LogP contribution in [0.3, 0.4) is 0 Å². The van der Waals surface area contributed by atoms with Crippen LogP contribution in [0.2, 0.25) is 0 Å². The maximum absolute atomic E-state index is 6.02. The minimum absolute atomic E-state index is 0.152. The van der Waals surface area contributed by atoms with E-state index in [-0.39, 0.29) is 10.8 Å². The summed E-state index contributed by atoms with van der Waals surface area (Å²) in [6, 6.07) is 0. The largest absolute Gasteiger partial charge is 0.679 e. The molecule has 7 heteroatoms. The van der Waals surface area contributed by atoms with E-state index in [1.165, 1.54) is 0 Å². The fourth-order valence-corrected chi connectivity index (χ4v) is 5.23. The summed E-state index contributed by atoms with van der Waals surface area (Å²) in [5.74, 6) is 0. The van der Waals surface area contributed by atoms with Gasteiger partial charge in [0.05, 0.1) is 52.9 Å². The quantitative estimate of drug-likeness (QED) is 0.334. The van der Waals surface area contributed by atoms with Gasteiger partial charge in [0.1, 0.15) is 0 Å². The second-order valence-electron chi connectivity index (χ2n) is 6.97. The van der Waals surface area contributed by atoms with Gasteiger partial charge in [0.25, 0.3) is 0 Å². The molecule has 0 saturated carbocycles. The van der Waals surface area contributed by atoms with Gasteiger partial charge < -0.3 is 27.2 Å². The molecule has 0 bridgehead atoms. The number of hydrogen-bond acceptors (Lipinski definition) is 6. The fourth-order valence-electron chi connectivity index (χ4n) is 2.80. The van der Waals surface area contributed by atoms with Gasteiger partial charge in [-0.05, 0) is 12.8 Å². The Bertz CT molecular complexity index is 382. The van der Waals surface area contributed by atoms with Gasteiger partial charge in [-0.25, -0.2) is 0 Å². The molecule has 144 valence electrons. The molecule has 2 saturated heterocycles. The third kappa shape index (κ3) is 5.23. The lowest BCUT2D eigenvalue weighted by molar-refractivity contribution is -0.176. The van der Waals surface area contributed by atoms with Crippen LogP contribution in [0.1, 0.15) is 26.7 Å². The Morgan fingerprint density at radius 1 is 0.800 bits per heavy atom. The van der Waals surface area contributed by atoms with Crippen LogP contribution in [0.5, 0.6) is 0 Å². The van der Waals surface area contributed by atoms with Crippen LogP contribution < -0.4 is 0 Å². The third-order valence-corrected chi connectivity index (χ3v) is 7.00. The minimum Gasteiger partial charge on any atom is -0.377 e. The first-order chi connectivity index (χ1) is 12.1. The molecule has 0 atom stereocenters. The van der Waals surface area contributed by atoms with Crippen LogP contribution in [0.4, 0.5) is 0 Å². The van der Waals surface area contributed by atoms with Crippen LogP contribution in [-0.4, -0.2) is 61.9 Å². The normalized spacial score (nSPS) is 35.6. The van der Waals surface area contributed by atoms with Crippen LogP contribution in [0, 0.1) is 10.8 Å². The highest BCUT2D eigenvalue weighted by Crippen LogP contribution is 2.37. The van der Waals surface area contributed by atoms with E-state index in [2.05, 4.69) is 27.0 Å². The zero-order valence-corrected chi connectivity index (χ0v) is 16.6. The zero-order chi connectivity index (χ0) is 18.2. The lowest BCUT2D eigenvalue weighted by Gasteiger charge is -2.47. The van der Waals surface area contributed by atoms with E-state index >= 15 is 0 Å². The van der Waals surface area contributed by atoms with Crippen LogP contribution in [0.25, 0.3) is 0 Å². The van der Waals surface area contributed by atoms with E-state index in [1.54, 1.807) is 12.2 Å². The molecule has 1 spiro atoms. The average Bonchev–Trinajstić information content (AvgIpc) is 2.66. The van der Waals surface area contributed by atoms with Crippen molar-refractivity contribution in [2.45, 2.75) is 26.7 Å². The molecule has 0 aromatic heterocycles. The SMILES string of the molecule is C=CCOCC1(CC)CO[Si]2(OC1)OCC(CC)(COCC=C)CO2. The third-order valence-electron chi connectivity index (χ3n) is 5.01. The summed E-state index contributed by atoms with van der Waals surface area (Å²) in [4.78, 5) is 0. The molecular weight excluding hydrogens is 340 g/mol. The highest BCUT2D eigenvalue weighted by molar-refractivity contribution is 6.53. The van der Waals surface area contributed by atoms with Crippen molar-refractivity contribution in [2.75, 3.05) is 52.9 Å². The predicted octanol–water partition coefficient (Wildman–Crippen LogP) is 2.71. The molecule has 6 nitrogen and oxygen atoms in total. The molecule has 0 radical (unpaired) electrons. The van der Waals surface area contributed by atoms with Gasteiger partial charge in [0, 0.05) is 10.8 Å². The van der Waals surface area contributed by atoms with Crippen molar-refractivity contribution in [1.29, 1.82) is 0 Å². The van der Waals surface area contributed by atoms with Gasteiger partial charge in [-0.2, -0.15) is 0 Å². The average molecular weight is 373 g/mol. The Hall–Kier alpha value is -0.543. The first-order valence-electron chi connectivity index (χ1n) is 9.00. The molecular formula is C18H32O6Si. The van der Waals surface area contributed by atoms with Crippen LogP contribution in [-0.2, 0) is 27.2 Å². The molecule has 0 aromatic rings. The standard InChI is InChI=1S/C18H32O6Si/c1-5-9-19-11-17(7-3)13-21-25(22-14-17)23-15-18(8-4,16-24-25)12-20-10-6-2/h5-6H,1-2,7-16H2,3-4H3. The van der Waals surface area contributed by atoms with Crippen molar-refractivity contribution in [3.05, 3.63) is 25.3 Å². The van der Waals surface area contributed by atoms with E-state index in [0.29, 0.717) is 52.9 Å². The monoisotopic (exact) mass is 372 g/mol. The first-order valence-corrected chi connectivity index (χ1v) is 10.6. The molecule has 2 rings (SSSR count). The van der Waals surface area contributed by atoms with Crippen molar-refractivity contribution >= 4 is 9.05 Å². The van der Waals surface area contributed by atoms with Crippen LogP contribution >= 0.6 is 0 Å². The Morgan fingerprint density at radius 3 is 1.44 bits per heavy atom. The summed E-state index contributed by atoms with van der Waals surface area (Å²) in [7, 11) is -3.03. The van der Waals surface area contributed by atoms with E-state index in [9.17, 15) is 0 Å². The fraction of sp³-hybridized carbons (Fsp3) is 0.778. The lowest BCUT2D eigenvalue weighted by Crippen LogP contribution is -2.63. The molecule has 0 unspecified atom stereocenters. The van der Waals surface area contributed by atoms with E-state index in [1.807, 2.05) is 0 Å².